The molecule has 1 aliphatic rings. The van der Waals surface area contributed by atoms with Crippen molar-refractivity contribution in [3.05, 3.63) is 69.1 Å². The SMILES string of the molecule is CCOc1ccc(N2C(=O)C(=Cc3ccccc3[N+](=O)[O-])SC2=S)cc1. The number of anilines is 1. The molecule has 132 valence electrons. The lowest BCUT2D eigenvalue weighted by atomic mass is 10.1. The van der Waals surface area contributed by atoms with Crippen molar-refractivity contribution in [3.8, 4) is 5.75 Å². The van der Waals surface area contributed by atoms with Crippen molar-refractivity contribution >= 4 is 51.7 Å². The molecule has 1 aliphatic heterocycles. The van der Waals surface area contributed by atoms with E-state index in [1.807, 2.05) is 6.92 Å². The number of benzene rings is 2. The number of hydrogen-bond acceptors (Lipinski definition) is 6. The molecule has 1 fully saturated rings. The van der Waals surface area contributed by atoms with Gasteiger partial charge in [-0.25, -0.2) is 0 Å². The Morgan fingerprint density at radius 1 is 1.23 bits per heavy atom. The molecule has 1 heterocycles. The minimum atomic E-state index is -0.473. The smallest absolute Gasteiger partial charge is 0.276 e. The maximum absolute atomic E-state index is 12.8. The summed E-state index contributed by atoms with van der Waals surface area (Å²) in [5.41, 5.74) is 0.936. The van der Waals surface area contributed by atoms with E-state index < -0.39 is 4.92 Å². The van der Waals surface area contributed by atoms with Crippen LogP contribution in [0, 0.1) is 10.1 Å². The molecule has 3 rings (SSSR count). The Morgan fingerprint density at radius 2 is 1.92 bits per heavy atom. The number of ether oxygens (including phenoxy) is 1. The van der Waals surface area contributed by atoms with Crippen LogP contribution in [0.3, 0.4) is 0 Å². The summed E-state index contributed by atoms with van der Waals surface area (Å²) in [6.07, 6.45) is 1.51. The highest BCUT2D eigenvalue weighted by molar-refractivity contribution is 8.27. The molecule has 0 unspecified atom stereocenters. The van der Waals surface area contributed by atoms with Crippen LogP contribution in [0.2, 0.25) is 0 Å². The molecule has 1 amide bonds. The first-order chi connectivity index (χ1) is 12.5. The minimum Gasteiger partial charge on any atom is -0.494 e. The van der Waals surface area contributed by atoms with E-state index in [0.717, 1.165) is 11.8 Å². The minimum absolute atomic E-state index is 0.0566. The van der Waals surface area contributed by atoms with Crippen molar-refractivity contribution in [1.82, 2.24) is 0 Å². The van der Waals surface area contributed by atoms with Gasteiger partial charge in [0.25, 0.3) is 11.6 Å². The first-order valence-electron chi connectivity index (χ1n) is 7.75. The number of para-hydroxylation sites is 1. The van der Waals surface area contributed by atoms with E-state index in [1.165, 1.54) is 17.0 Å². The Labute approximate surface area is 159 Å². The van der Waals surface area contributed by atoms with Gasteiger partial charge in [0.1, 0.15) is 5.75 Å². The third-order valence-electron chi connectivity index (χ3n) is 3.62. The van der Waals surface area contributed by atoms with Gasteiger partial charge in [-0.2, -0.15) is 0 Å². The quantitative estimate of drug-likeness (QED) is 0.328. The number of nitro benzene ring substituents is 1. The second kappa shape index (κ2) is 7.67. The molecule has 2 aromatic rings. The predicted octanol–water partition coefficient (Wildman–Crippen LogP) is 4.40. The molecule has 0 saturated carbocycles. The molecule has 0 N–H and O–H groups in total. The van der Waals surface area contributed by atoms with E-state index in [1.54, 1.807) is 42.5 Å². The average Bonchev–Trinajstić information content (AvgIpc) is 2.90. The number of carbonyl (C=O) groups excluding carboxylic acids is 1. The fraction of sp³-hybridized carbons (Fsp3) is 0.111. The zero-order valence-corrected chi connectivity index (χ0v) is 15.4. The van der Waals surface area contributed by atoms with Crippen molar-refractivity contribution in [3.63, 3.8) is 0 Å². The molecular formula is C18H14N2O4S2. The predicted molar refractivity (Wildman–Crippen MR) is 106 cm³/mol. The maximum Gasteiger partial charge on any atom is 0.276 e. The lowest BCUT2D eigenvalue weighted by molar-refractivity contribution is -0.385. The third-order valence-corrected chi connectivity index (χ3v) is 4.92. The Bertz CT molecular complexity index is 910. The van der Waals surface area contributed by atoms with Gasteiger partial charge in [-0.1, -0.05) is 36.1 Å². The average molecular weight is 386 g/mol. The molecule has 0 spiro atoms. The molecule has 0 aromatic heterocycles. The van der Waals surface area contributed by atoms with Crippen LogP contribution >= 0.6 is 24.0 Å². The number of rotatable bonds is 5. The Balaban J connectivity index is 1.91. The second-order valence-electron chi connectivity index (χ2n) is 5.26. The van der Waals surface area contributed by atoms with Crippen LogP contribution < -0.4 is 9.64 Å². The normalized spacial score (nSPS) is 15.6. The summed E-state index contributed by atoms with van der Waals surface area (Å²) < 4.78 is 5.77. The first-order valence-corrected chi connectivity index (χ1v) is 8.98. The monoisotopic (exact) mass is 386 g/mol. The first kappa shape index (κ1) is 18.1. The van der Waals surface area contributed by atoms with Crippen molar-refractivity contribution < 1.29 is 14.5 Å². The summed E-state index contributed by atoms with van der Waals surface area (Å²) >= 11 is 6.44. The topological polar surface area (TPSA) is 72.7 Å². The summed E-state index contributed by atoms with van der Waals surface area (Å²) in [5, 5.41) is 11.1. The lowest BCUT2D eigenvalue weighted by Crippen LogP contribution is -2.27. The summed E-state index contributed by atoms with van der Waals surface area (Å²) in [6.45, 7) is 2.45. The van der Waals surface area contributed by atoms with Gasteiger partial charge in [-0.3, -0.25) is 19.8 Å². The van der Waals surface area contributed by atoms with Crippen LogP contribution in [-0.4, -0.2) is 21.8 Å². The summed E-state index contributed by atoms with van der Waals surface area (Å²) in [5.74, 6) is 0.402. The van der Waals surface area contributed by atoms with E-state index >= 15 is 0 Å². The third kappa shape index (κ3) is 3.61. The van der Waals surface area contributed by atoms with Crippen molar-refractivity contribution in [2.24, 2.45) is 0 Å². The van der Waals surface area contributed by atoms with Gasteiger partial charge in [0.2, 0.25) is 0 Å². The van der Waals surface area contributed by atoms with Crippen LogP contribution in [0.4, 0.5) is 11.4 Å². The zero-order valence-electron chi connectivity index (χ0n) is 13.7. The van der Waals surface area contributed by atoms with Gasteiger partial charge in [0.05, 0.1) is 27.7 Å². The van der Waals surface area contributed by atoms with Crippen molar-refractivity contribution in [2.75, 3.05) is 11.5 Å². The van der Waals surface area contributed by atoms with Gasteiger partial charge in [0, 0.05) is 6.07 Å². The van der Waals surface area contributed by atoms with Gasteiger partial charge < -0.3 is 4.74 Å². The molecule has 6 nitrogen and oxygen atoms in total. The lowest BCUT2D eigenvalue weighted by Gasteiger charge is -2.15. The van der Waals surface area contributed by atoms with Crippen molar-refractivity contribution in [2.45, 2.75) is 6.92 Å². The number of thioether (sulfide) groups is 1. The highest BCUT2D eigenvalue weighted by Crippen LogP contribution is 2.37. The molecule has 26 heavy (non-hydrogen) atoms. The number of nitro groups is 1. The number of carbonyl (C=O) groups is 1. The Kier molecular flexibility index (Phi) is 5.34. The molecule has 0 bridgehead atoms. The molecular weight excluding hydrogens is 372 g/mol. The van der Waals surface area contributed by atoms with E-state index in [9.17, 15) is 14.9 Å². The molecule has 0 aliphatic carbocycles. The summed E-state index contributed by atoms with van der Waals surface area (Å²) in [6, 6.07) is 13.3. The fourth-order valence-corrected chi connectivity index (χ4v) is 3.76. The van der Waals surface area contributed by atoms with E-state index in [2.05, 4.69) is 0 Å². The summed E-state index contributed by atoms with van der Waals surface area (Å²) in [4.78, 5) is 25.2. The number of hydrogen-bond donors (Lipinski definition) is 0. The van der Waals surface area contributed by atoms with Gasteiger partial charge >= 0.3 is 0 Å². The number of thiocarbonyl (C=S) groups is 1. The second-order valence-corrected chi connectivity index (χ2v) is 6.94. The highest BCUT2D eigenvalue weighted by Gasteiger charge is 2.33. The Morgan fingerprint density at radius 3 is 2.58 bits per heavy atom. The molecule has 8 heteroatoms. The highest BCUT2D eigenvalue weighted by atomic mass is 32.2. The Hall–Kier alpha value is -2.71. The van der Waals surface area contributed by atoms with Crippen LogP contribution in [0.5, 0.6) is 5.75 Å². The number of nitrogens with zero attached hydrogens (tertiary/aromatic N) is 2. The van der Waals surface area contributed by atoms with E-state index in [-0.39, 0.29) is 11.6 Å². The molecule has 1 saturated heterocycles. The van der Waals surface area contributed by atoms with Crippen molar-refractivity contribution in [1.29, 1.82) is 0 Å². The van der Waals surface area contributed by atoms with Crippen LogP contribution in [-0.2, 0) is 4.79 Å². The van der Waals surface area contributed by atoms with Crippen LogP contribution in [0.1, 0.15) is 12.5 Å². The van der Waals surface area contributed by atoms with Gasteiger partial charge in [-0.05, 0) is 43.3 Å². The van der Waals surface area contributed by atoms with Gasteiger partial charge in [-0.15, -0.1) is 0 Å². The van der Waals surface area contributed by atoms with E-state index in [4.69, 9.17) is 17.0 Å². The maximum atomic E-state index is 12.8. The zero-order chi connectivity index (χ0) is 18.7. The molecule has 2 aromatic carbocycles. The fourth-order valence-electron chi connectivity index (χ4n) is 2.47. The van der Waals surface area contributed by atoms with E-state index in [0.29, 0.717) is 32.8 Å². The standard InChI is InChI=1S/C18H14N2O4S2/c1-2-24-14-9-7-13(8-10-14)19-17(21)16(26-18(19)25)11-12-5-3-4-6-15(12)20(22)23/h3-11H,2H2,1H3. The molecule has 0 atom stereocenters. The van der Waals surface area contributed by atoms with Crippen LogP contribution in [0.25, 0.3) is 6.08 Å². The summed E-state index contributed by atoms with van der Waals surface area (Å²) in [7, 11) is 0. The largest absolute Gasteiger partial charge is 0.494 e. The molecule has 0 radical (unpaired) electrons. The van der Waals surface area contributed by atoms with Gasteiger partial charge in [0.15, 0.2) is 4.32 Å². The number of amides is 1. The van der Waals surface area contributed by atoms with Crippen LogP contribution in [0.15, 0.2) is 53.4 Å².